The average molecular weight is 245 g/mol. The number of nitrogens with two attached hydrogens (primary N) is 1. The van der Waals surface area contributed by atoms with E-state index in [2.05, 4.69) is 15.5 Å². The van der Waals surface area contributed by atoms with E-state index < -0.39 is 0 Å². The fourth-order valence-electron chi connectivity index (χ4n) is 1.36. The van der Waals surface area contributed by atoms with Crippen molar-refractivity contribution in [3.8, 4) is 0 Å². The lowest BCUT2D eigenvalue weighted by Gasteiger charge is -2.21. The predicted octanol–water partition coefficient (Wildman–Crippen LogP) is -0.513. The van der Waals surface area contributed by atoms with Gasteiger partial charge >= 0.3 is 0 Å². The Morgan fingerprint density at radius 1 is 1.56 bits per heavy atom. The molecule has 1 fully saturated rings. The molecule has 0 aromatic carbocycles. The Balaban J connectivity index is 1.81. The number of tetrazole rings is 1. The summed E-state index contributed by atoms with van der Waals surface area (Å²) < 4.78 is 12.2. The summed E-state index contributed by atoms with van der Waals surface area (Å²) in [7, 11) is 0. The standard InChI is InChI=1S/C8H15N5O2S/c9-2-3-13-8(10-11-12-13)16-5-7-1-4-14-6-15-7/h7H,1-6,9H2. The van der Waals surface area contributed by atoms with Crippen LogP contribution in [0.3, 0.4) is 0 Å². The van der Waals surface area contributed by atoms with E-state index in [1.165, 1.54) is 0 Å². The fraction of sp³-hybridized carbons (Fsp3) is 0.875. The lowest BCUT2D eigenvalue weighted by molar-refractivity contribution is -0.130. The van der Waals surface area contributed by atoms with Gasteiger partial charge in [-0.05, 0) is 16.8 Å². The third-order valence-corrected chi connectivity index (χ3v) is 3.30. The van der Waals surface area contributed by atoms with Gasteiger partial charge in [-0.25, -0.2) is 4.68 Å². The molecule has 90 valence electrons. The van der Waals surface area contributed by atoms with Crippen molar-refractivity contribution in [2.45, 2.75) is 24.2 Å². The molecule has 0 radical (unpaired) electrons. The summed E-state index contributed by atoms with van der Waals surface area (Å²) in [6.45, 7) is 2.33. The molecule has 2 N–H and O–H groups in total. The molecule has 16 heavy (non-hydrogen) atoms. The molecule has 2 rings (SSSR count). The van der Waals surface area contributed by atoms with E-state index >= 15 is 0 Å². The second-order valence-corrected chi connectivity index (χ2v) is 4.37. The maximum atomic E-state index is 5.46. The van der Waals surface area contributed by atoms with Crippen LogP contribution in [0.4, 0.5) is 0 Å². The fourth-order valence-corrected chi connectivity index (χ4v) is 2.33. The van der Waals surface area contributed by atoms with Crippen LogP contribution < -0.4 is 5.73 Å². The van der Waals surface area contributed by atoms with E-state index in [1.54, 1.807) is 16.4 Å². The van der Waals surface area contributed by atoms with Crippen LogP contribution in [-0.4, -0.2) is 52.0 Å². The minimum absolute atomic E-state index is 0.224. The van der Waals surface area contributed by atoms with Gasteiger partial charge in [0.1, 0.15) is 6.79 Å². The Morgan fingerprint density at radius 3 is 3.25 bits per heavy atom. The number of ether oxygens (including phenoxy) is 2. The van der Waals surface area contributed by atoms with Crippen LogP contribution in [-0.2, 0) is 16.0 Å². The van der Waals surface area contributed by atoms with E-state index in [0.29, 0.717) is 19.9 Å². The van der Waals surface area contributed by atoms with E-state index in [4.69, 9.17) is 15.2 Å². The van der Waals surface area contributed by atoms with Crippen LogP contribution in [0.25, 0.3) is 0 Å². The first-order valence-corrected chi connectivity index (χ1v) is 6.17. The van der Waals surface area contributed by atoms with Crippen molar-refractivity contribution in [3.63, 3.8) is 0 Å². The molecule has 1 aliphatic rings. The van der Waals surface area contributed by atoms with Crippen LogP contribution in [0.1, 0.15) is 6.42 Å². The summed E-state index contributed by atoms with van der Waals surface area (Å²) in [6.07, 6.45) is 1.15. The number of nitrogens with zero attached hydrogens (tertiary/aromatic N) is 4. The zero-order valence-corrected chi connectivity index (χ0v) is 9.73. The summed E-state index contributed by atoms with van der Waals surface area (Å²) in [4.78, 5) is 0. The summed E-state index contributed by atoms with van der Waals surface area (Å²) in [6, 6.07) is 0. The Bertz CT molecular complexity index is 315. The smallest absolute Gasteiger partial charge is 0.209 e. The van der Waals surface area contributed by atoms with E-state index in [9.17, 15) is 0 Å². The minimum atomic E-state index is 0.224. The molecule has 8 heteroatoms. The molecular weight excluding hydrogens is 230 g/mol. The molecule has 0 amide bonds. The lowest BCUT2D eigenvalue weighted by Crippen LogP contribution is -2.25. The van der Waals surface area contributed by atoms with Gasteiger partial charge in [0.05, 0.1) is 19.3 Å². The third kappa shape index (κ3) is 3.14. The zero-order chi connectivity index (χ0) is 11.2. The summed E-state index contributed by atoms with van der Waals surface area (Å²) >= 11 is 1.59. The number of thioether (sulfide) groups is 1. The minimum Gasteiger partial charge on any atom is -0.355 e. The van der Waals surface area contributed by atoms with E-state index in [1.807, 2.05) is 0 Å². The number of rotatable bonds is 5. The molecule has 1 saturated heterocycles. The number of hydrogen-bond acceptors (Lipinski definition) is 7. The van der Waals surface area contributed by atoms with Crippen molar-refractivity contribution in [3.05, 3.63) is 0 Å². The zero-order valence-electron chi connectivity index (χ0n) is 8.91. The predicted molar refractivity (Wildman–Crippen MR) is 57.9 cm³/mol. The average Bonchev–Trinajstić information content (AvgIpc) is 2.76. The first kappa shape index (κ1) is 11.8. The van der Waals surface area contributed by atoms with Crippen molar-refractivity contribution >= 4 is 11.8 Å². The lowest BCUT2D eigenvalue weighted by atomic mass is 10.3. The van der Waals surface area contributed by atoms with Crippen LogP contribution in [0.5, 0.6) is 0 Å². The van der Waals surface area contributed by atoms with Gasteiger partial charge < -0.3 is 15.2 Å². The summed E-state index contributed by atoms with van der Waals surface area (Å²) in [5.41, 5.74) is 5.46. The molecule has 7 nitrogen and oxygen atoms in total. The maximum absolute atomic E-state index is 5.46. The van der Waals surface area contributed by atoms with Gasteiger partial charge in [-0.15, -0.1) is 5.10 Å². The monoisotopic (exact) mass is 245 g/mol. The second kappa shape index (κ2) is 6.14. The summed E-state index contributed by atoms with van der Waals surface area (Å²) in [5.74, 6) is 0.842. The largest absolute Gasteiger partial charge is 0.355 e. The van der Waals surface area contributed by atoms with Crippen LogP contribution in [0.15, 0.2) is 5.16 Å². The van der Waals surface area contributed by atoms with Gasteiger partial charge in [0, 0.05) is 12.3 Å². The van der Waals surface area contributed by atoms with Crippen molar-refractivity contribution < 1.29 is 9.47 Å². The first-order chi connectivity index (χ1) is 7.90. The first-order valence-electron chi connectivity index (χ1n) is 5.18. The molecule has 1 atom stereocenters. The topological polar surface area (TPSA) is 88.1 Å². The molecule has 0 saturated carbocycles. The highest BCUT2D eigenvalue weighted by atomic mass is 32.2. The van der Waals surface area contributed by atoms with Crippen molar-refractivity contribution in [1.29, 1.82) is 0 Å². The molecule has 1 aromatic rings. The molecule has 0 bridgehead atoms. The van der Waals surface area contributed by atoms with Crippen LogP contribution in [0.2, 0.25) is 0 Å². The number of hydrogen-bond donors (Lipinski definition) is 1. The quantitative estimate of drug-likeness (QED) is 0.699. The van der Waals surface area contributed by atoms with E-state index in [0.717, 1.165) is 23.9 Å². The van der Waals surface area contributed by atoms with Gasteiger partial charge in [0.2, 0.25) is 5.16 Å². The molecule has 1 aromatic heterocycles. The normalized spacial score (nSPS) is 21.2. The van der Waals surface area contributed by atoms with Crippen molar-refractivity contribution in [1.82, 2.24) is 20.2 Å². The van der Waals surface area contributed by atoms with Crippen LogP contribution in [0, 0.1) is 0 Å². The summed E-state index contributed by atoms with van der Waals surface area (Å²) in [5, 5.41) is 12.2. The van der Waals surface area contributed by atoms with Gasteiger partial charge in [-0.1, -0.05) is 11.8 Å². The SMILES string of the molecule is NCCn1nnnc1SCC1CCOCO1. The van der Waals surface area contributed by atoms with Gasteiger partial charge in [0.15, 0.2) is 0 Å². The molecule has 0 spiro atoms. The van der Waals surface area contributed by atoms with Crippen LogP contribution >= 0.6 is 11.8 Å². The Morgan fingerprint density at radius 2 is 2.50 bits per heavy atom. The van der Waals surface area contributed by atoms with Gasteiger partial charge in [0.25, 0.3) is 0 Å². The Hall–Kier alpha value is -0.700. The van der Waals surface area contributed by atoms with Gasteiger partial charge in [-0.2, -0.15) is 0 Å². The van der Waals surface area contributed by atoms with Gasteiger partial charge in [-0.3, -0.25) is 0 Å². The highest BCUT2D eigenvalue weighted by Gasteiger charge is 2.16. The van der Waals surface area contributed by atoms with Crippen molar-refractivity contribution in [2.24, 2.45) is 5.73 Å². The molecule has 2 heterocycles. The highest BCUT2D eigenvalue weighted by molar-refractivity contribution is 7.99. The molecule has 1 unspecified atom stereocenters. The number of aromatic nitrogens is 4. The Kier molecular flexibility index (Phi) is 4.52. The van der Waals surface area contributed by atoms with Crippen molar-refractivity contribution in [2.75, 3.05) is 25.7 Å². The van der Waals surface area contributed by atoms with E-state index in [-0.39, 0.29) is 6.10 Å². The molecule has 1 aliphatic heterocycles. The highest BCUT2D eigenvalue weighted by Crippen LogP contribution is 2.18. The maximum Gasteiger partial charge on any atom is 0.209 e. The molecular formula is C8H15N5O2S. The third-order valence-electron chi connectivity index (χ3n) is 2.21. The Labute approximate surface area is 97.7 Å². The molecule has 0 aliphatic carbocycles. The second-order valence-electron chi connectivity index (χ2n) is 3.39.